The Morgan fingerprint density at radius 2 is 1.70 bits per heavy atom. The molecule has 11 heteroatoms. The molecule has 1 fully saturated rings. The van der Waals surface area contributed by atoms with Crippen molar-refractivity contribution in [2.45, 2.75) is 121 Å². The zero-order chi connectivity index (χ0) is 35.8. The maximum Gasteiger partial charge on any atom is 0.320 e. The summed E-state index contributed by atoms with van der Waals surface area (Å²) >= 11 is 0. The van der Waals surface area contributed by atoms with E-state index >= 15 is 0 Å². The summed E-state index contributed by atoms with van der Waals surface area (Å²) in [7, 11) is 4.01. The summed E-state index contributed by atoms with van der Waals surface area (Å²) in [6, 6.07) is 13.2. The molecule has 0 radical (unpaired) electrons. The summed E-state index contributed by atoms with van der Waals surface area (Å²) in [4.78, 5) is 38.0. The van der Waals surface area contributed by atoms with Crippen molar-refractivity contribution in [1.82, 2.24) is 34.8 Å². The fraction of sp³-hybridized carbons (Fsp3) is 0.538. The van der Waals surface area contributed by atoms with Crippen LogP contribution >= 0.6 is 0 Å². The third-order valence-electron chi connectivity index (χ3n) is 10.8. The number of nitrogens with one attached hydrogen (secondary N) is 2. The van der Waals surface area contributed by atoms with Crippen LogP contribution < -0.4 is 15.4 Å². The Morgan fingerprint density at radius 3 is 2.40 bits per heavy atom. The first-order chi connectivity index (χ1) is 23.6. The van der Waals surface area contributed by atoms with Crippen LogP contribution in [0.15, 0.2) is 48.7 Å². The number of carbonyl (C=O) groups is 2. The summed E-state index contributed by atoms with van der Waals surface area (Å²) in [6.07, 6.45) is 8.86. The van der Waals surface area contributed by atoms with Gasteiger partial charge < -0.3 is 15.0 Å². The number of aromatic nitrogens is 5. The molecule has 50 heavy (non-hydrogen) atoms. The number of urea groups is 1. The lowest BCUT2D eigenvalue weighted by molar-refractivity contribution is 0.0934. The Balaban J connectivity index is 1.16. The normalized spacial score (nSPS) is 19.0. The van der Waals surface area contributed by atoms with Gasteiger partial charge in [-0.1, -0.05) is 64.8 Å². The average molecular weight is 681 g/mol. The molecule has 266 valence electrons. The van der Waals surface area contributed by atoms with Crippen molar-refractivity contribution < 1.29 is 14.3 Å². The molecule has 3 aromatic heterocycles. The van der Waals surface area contributed by atoms with Gasteiger partial charge >= 0.3 is 6.03 Å². The van der Waals surface area contributed by atoms with Gasteiger partial charge in [0.1, 0.15) is 23.5 Å². The summed E-state index contributed by atoms with van der Waals surface area (Å²) < 4.78 is 8.73. The molecule has 2 amide bonds. The Morgan fingerprint density at radius 1 is 0.980 bits per heavy atom. The van der Waals surface area contributed by atoms with Crippen molar-refractivity contribution in [3.8, 4) is 5.75 Å². The van der Waals surface area contributed by atoms with Crippen molar-refractivity contribution in [3.05, 3.63) is 77.1 Å². The summed E-state index contributed by atoms with van der Waals surface area (Å²) in [5.74, 6) is 2.04. The molecule has 2 aliphatic carbocycles. The quantitative estimate of drug-likeness (QED) is 0.163. The highest BCUT2D eigenvalue weighted by Crippen LogP contribution is 2.41. The van der Waals surface area contributed by atoms with Gasteiger partial charge in [0.15, 0.2) is 17.3 Å². The van der Waals surface area contributed by atoms with Crippen LogP contribution in [-0.4, -0.2) is 60.9 Å². The number of fused-ring (bicyclic) bond motifs is 2. The molecule has 6 rings (SSSR count). The van der Waals surface area contributed by atoms with E-state index in [1.54, 1.807) is 6.07 Å². The average Bonchev–Trinajstić information content (AvgIpc) is 3.71. The van der Waals surface area contributed by atoms with E-state index in [9.17, 15) is 9.59 Å². The molecule has 0 bridgehead atoms. The monoisotopic (exact) mass is 680 g/mol. The van der Waals surface area contributed by atoms with Gasteiger partial charge in [0.05, 0.1) is 17.9 Å². The predicted molar refractivity (Wildman–Crippen MR) is 195 cm³/mol. The smallest absolute Gasteiger partial charge is 0.320 e. The predicted octanol–water partition coefficient (Wildman–Crippen LogP) is 7.73. The number of benzene rings is 1. The third-order valence-corrected chi connectivity index (χ3v) is 10.8. The molecule has 1 aromatic carbocycles. The minimum Gasteiger partial charge on any atom is -0.484 e. The zero-order valence-corrected chi connectivity index (χ0v) is 30.8. The second kappa shape index (κ2) is 13.7. The molecule has 2 N–H and O–H groups in total. The fourth-order valence-electron chi connectivity index (χ4n) is 7.00. The molecule has 3 heterocycles. The molecule has 0 unspecified atom stereocenters. The molecule has 0 aliphatic heterocycles. The molecule has 4 aromatic rings. The van der Waals surface area contributed by atoms with Crippen molar-refractivity contribution in [3.63, 3.8) is 0 Å². The third kappa shape index (κ3) is 7.52. The largest absolute Gasteiger partial charge is 0.484 e. The fourth-order valence-corrected chi connectivity index (χ4v) is 7.00. The van der Waals surface area contributed by atoms with Crippen molar-refractivity contribution in [1.29, 1.82) is 0 Å². The lowest BCUT2D eigenvalue weighted by atomic mass is 9.85. The number of hydrogen-bond acceptors (Lipinski definition) is 8. The first kappa shape index (κ1) is 35.4. The van der Waals surface area contributed by atoms with E-state index in [0.29, 0.717) is 30.8 Å². The number of amides is 2. The van der Waals surface area contributed by atoms with E-state index in [2.05, 4.69) is 66.9 Å². The highest BCUT2D eigenvalue weighted by Gasteiger charge is 2.35. The highest BCUT2D eigenvalue weighted by atomic mass is 16.5. The number of carbonyl (C=O) groups excluding carboxylic acids is 2. The van der Waals surface area contributed by atoms with Crippen LogP contribution in [-0.2, 0) is 10.8 Å². The topological polar surface area (TPSA) is 127 Å². The Hall–Kier alpha value is -4.38. The number of rotatable bonds is 10. The molecule has 2 aliphatic rings. The van der Waals surface area contributed by atoms with Crippen LogP contribution in [0.3, 0.4) is 0 Å². The Bertz CT molecular complexity index is 1870. The van der Waals surface area contributed by atoms with Gasteiger partial charge in [0.25, 0.3) is 0 Å². The molecule has 1 saturated carbocycles. The van der Waals surface area contributed by atoms with E-state index in [0.717, 1.165) is 47.6 Å². The summed E-state index contributed by atoms with van der Waals surface area (Å²) in [5.41, 5.74) is 3.09. The number of anilines is 1. The SMILES string of the molecule is CN(C)C(C)(C)CCC(=O)c1nc(NC(=O)N[C@H]2CC[C@@H](Oc3ccc4nnc(C5(C)CCCC5)n4c3)c3ccccc32)cc(C(C)(C)C)n1. The van der Waals surface area contributed by atoms with Crippen molar-refractivity contribution in [2.75, 3.05) is 19.4 Å². The number of ether oxygens (including phenoxy) is 1. The molecular formula is C39H52N8O3. The number of pyridine rings is 1. The first-order valence-corrected chi connectivity index (χ1v) is 17.9. The number of nitrogens with zero attached hydrogens (tertiary/aromatic N) is 6. The van der Waals surface area contributed by atoms with Crippen LogP contribution in [0, 0.1) is 0 Å². The zero-order valence-electron chi connectivity index (χ0n) is 30.8. The van der Waals surface area contributed by atoms with E-state index in [1.165, 1.54) is 12.8 Å². The molecule has 0 spiro atoms. The van der Waals surface area contributed by atoms with E-state index in [1.807, 2.05) is 71.4 Å². The number of ketones is 1. The van der Waals surface area contributed by atoms with Gasteiger partial charge in [-0.15, -0.1) is 10.2 Å². The minimum atomic E-state index is -0.388. The first-order valence-electron chi connectivity index (χ1n) is 17.9. The van der Waals surface area contributed by atoms with Gasteiger partial charge in [0.2, 0.25) is 0 Å². The van der Waals surface area contributed by atoms with E-state index < -0.39 is 0 Å². The van der Waals surface area contributed by atoms with Crippen LogP contribution in [0.5, 0.6) is 5.75 Å². The Labute approximate surface area is 295 Å². The maximum atomic E-state index is 13.5. The van der Waals surface area contributed by atoms with Crippen LogP contribution in [0.2, 0.25) is 0 Å². The lowest BCUT2D eigenvalue weighted by Gasteiger charge is -2.32. The van der Waals surface area contributed by atoms with Crippen LogP contribution in [0.1, 0.15) is 138 Å². The molecular weight excluding hydrogens is 628 g/mol. The second-order valence-corrected chi connectivity index (χ2v) is 16.2. The van der Waals surface area contributed by atoms with Gasteiger partial charge in [0, 0.05) is 28.9 Å². The van der Waals surface area contributed by atoms with Gasteiger partial charge in [-0.3, -0.25) is 14.5 Å². The van der Waals surface area contributed by atoms with Crippen LogP contribution in [0.4, 0.5) is 10.6 Å². The molecule has 11 nitrogen and oxygen atoms in total. The Kier molecular flexibility index (Phi) is 9.74. The number of hydrogen-bond donors (Lipinski definition) is 2. The van der Waals surface area contributed by atoms with Gasteiger partial charge in [-0.2, -0.15) is 0 Å². The van der Waals surface area contributed by atoms with Crippen molar-refractivity contribution in [2.24, 2.45) is 0 Å². The van der Waals surface area contributed by atoms with Gasteiger partial charge in [-0.05, 0) is 83.3 Å². The van der Waals surface area contributed by atoms with Gasteiger partial charge in [-0.25, -0.2) is 14.8 Å². The maximum absolute atomic E-state index is 13.5. The van der Waals surface area contributed by atoms with E-state index in [-0.39, 0.29) is 46.2 Å². The summed E-state index contributed by atoms with van der Waals surface area (Å²) in [6.45, 7) is 12.6. The second-order valence-electron chi connectivity index (χ2n) is 16.2. The van der Waals surface area contributed by atoms with E-state index in [4.69, 9.17) is 4.74 Å². The molecule has 0 saturated heterocycles. The summed E-state index contributed by atoms with van der Waals surface area (Å²) in [5, 5.41) is 15.1. The lowest BCUT2D eigenvalue weighted by Crippen LogP contribution is -2.38. The number of Topliss-reactive ketones (excluding diaryl/α,β-unsaturated/α-hetero) is 1. The minimum absolute atomic E-state index is 0.0231. The standard InChI is InChI=1S/C39H52N8O3/c1-37(2,3)31-23-32(42-34(41-31)29(48)19-22-38(4,5)46(7)8)43-36(49)40-28-16-17-30(27-14-10-9-13-26(27)28)50-25-15-18-33-44-45-35(47(33)24-25)39(6)20-11-12-21-39/h9-10,13-15,18,23-24,28,30H,11-12,16-17,19-22H2,1-8H3,(H2,40,41,42,43,49)/t28-,30+/m0/s1. The highest BCUT2D eigenvalue weighted by molar-refractivity contribution is 5.94. The molecule has 2 atom stereocenters. The van der Waals surface area contributed by atoms with Crippen LogP contribution in [0.25, 0.3) is 5.65 Å². The van der Waals surface area contributed by atoms with Crippen molar-refractivity contribution >= 4 is 23.3 Å².